The Morgan fingerprint density at radius 3 is 2.16 bits per heavy atom. The number of halogens is 6. The van der Waals surface area contributed by atoms with E-state index >= 15 is 0 Å². The third-order valence-electron chi connectivity index (χ3n) is 7.42. The first-order chi connectivity index (χ1) is 23.0. The van der Waals surface area contributed by atoms with Gasteiger partial charge in [-0.3, -0.25) is 10.0 Å². The van der Waals surface area contributed by atoms with Crippen LogP contribution < -0.4 is 10.2 Å². The van der Waals surface area contributed by atoms with Crippen molar-refractivity contribution in [2.45, 2.75) is 47.7 Å². The van der Waals surface area contributed by atoms with Gasteiger partial charge in [-0.05, 0) is 55.7 Å². The molecule has 1 aliphatic heterocycles. The molecule has 20 heteroatoms. The van der Waals surface area contributed by atoms with Crippen LogP contribution in [-0.2, 0) is 36.8 Å². The van der Waals surface area contributed by atoms with Gasteiger partial charge in [-0.25, -0.2) is 18.7 Å². The van der Waals surface area contributed by atoms with Crippen LogP contribution in [0.4, 0.5) is 26.3 Å². The van der Waals surface area contributed by atoms with E-state index < -0.39 is 44.4 Å². The van der Waals surface area contributed by atoms with Crippen LogP contribution in [0.1, 0.15) is 30.7 Å². The summed E-state index contributed by atoms with van der Waals surface area (Å²) in [6.45, 7) is 1.93. The summed E-state index contributed by atoms with van der Waals surface area (Å²) in [7, 11) is -2.60. The average Bonchev–Trinajstić information content (AvgIpc) is 3.54. The van der Waals surface area contributed by atoms with Gasteiger partial charge in [0.25, 0.3) is 5.91 Å². The van der Waals surface area contributed by atoms with E-state index in [0.717, 1.165) is 6.07 Å². The average molecular weight is 727 g/mol. The summed E-state index contributed by atoms with van der Waals surface area (Å²) >= 11 is 0. The number of methoxy groups -OCH3 is 1. The standard InChI is InChI=1S/C27H31F3N4O7S.C2HF3O2/c1-39-18-16-34-14-12-26(13-15-34,25(35)33-36)42(37,38)20-10-8-19(9-11-20)40-17-4-7-23-31-32-24(41-23)21-5-2-3-6-22(21)27(28,29)30;3-2(4,5)1(6)7/h2-3,5-6,8-11,36H,4,7,12-18H2,1H3,(H,33,35);(H,6,7). The van der Waals surface area contributed by atoms with E-state index in [0.29, 0.717) is 38.4 Å². The summed E-state index contributed by atoms with van der Waals surface area (Å²) in [5, 5.41) is 24.0. The quantitative estimate of drug-likeness (QED) is 0.105. The molecule has 1 aromatic heterocycles. The Morgan fingerprint density at radius 2 is 1.61 bits per heavy atom. The predicted molar refractivity (Wildman–Crippen MR) is 156 cm³/mol. The molecule has 2 aromatic carbocycles. The van der Waals surface area contributed by atoms with Crippen molar-refractivity contribution in [3.05, 3.63) is 60.0 Å². The second kappa shape index (κ2) is 16.4. The summed E-state index contributed by atoms with van der Waals surface area (Å²) in [5.41, 5.74) is 0.461. The summed E-state index contributed by atoms with van der Waals surface area (Å²) in [6, 6.07) is 10.5. The van der Waals surface area contributed by atoms with Gasteiger partial charge in [0, 0.05) is 33.2 Å². The monoisotopic (exact) mass is 726 g/mol. The Kier molecular flexibility index (Phi) is 13.1. The Morgan fingerprint density at radius 1 is 1.00 bits per heavy atom. The smallest absolute Gasteiger partial charge is 0.490 e. The number of ether oxygens (including phenoxy) is 2. The van der Waals surface area contributed by atoms with E-state index in [2.05, 4.69) is 10.2 Å². The second-order valence-corrected chi connectivity index (χ2v) is 12.8. The van der Waals surface area contributed by atoms with Crippen LogP contribution in [0.25, 0.3) is 11.5 Å². The molecule has 0 aliphatic carbocycles. The van der Waals surface area contributed by atoms with Crippen LogP contribution >= 0.6 is 0 Å². The normalized spacial score (nSPS) is 15.2. The van der Waals surface area contributed by atoms with Crippen molar-refractivity contribution >= 4 is 21.7 Å². The number of hydrogen-bond donors (Lipinski definition) is 3. The van der Waals surface area contributed by atoms with Crippen molar-refractivity contribution in [2.24, 2.45) is 0 Å². The lowest BCUT2D eigenvalue weighted by atomic mass is 9.95. The molecular formula is C29H32F6N4O9S. The van der Waals surface area contributed by atoms with Gasteiger partial charge in [-0.1, -0.05) is 12.1 Å². The number of carboxylic acids is 1. The second-order valence-electron chi connectivity index (χ2n) is 10.5. The number of carbonyl (C=O) groups excluding carboxylic acids is 1. The largest absolute Gasteiger partial charge is 0.494 e. The van der Waals surface area contributed by atoms with Gasteiger partial charge < -0.3 is 23.9 Å². The third-order valence-corrected chi connectivity index (χ3v) is 9.93. The number of amides is 1. The highest BCUT2D eigenvalue weighted by Gasteiger charge is 2.53. The Labute approximate surface area is 275 Å². The molecule has 1 fully saturated rings. The third kappa shape index (κ3) is 9.89. The summed E-state index contributed by atoms with van der Waals surface area (Å²) in [6.07, 6.45) is -9.01. The van der Waals surface area contributed by atoms with Gasteiger partial charge >= 0.3 is 18.3 Å². The Balaban J connectivity index is 0.000000838. The molecule has 3 N–H and O–H groups in total. The molecule has 3 aromatic rings. The number of hydroxylamine groups is 1. The Hall–Kier alpha value is -4.27. The molecule has 49 heavy (non-hydrogen) atoms. The van der Waals surface area contributed by atoms with Crippen molar-refractivity contribution in [1.82, 2.24) is 20.6 Å². The maximum Gasteiger partial charge on any atom is 0.490 e. The van der Waals surface area contributed by atoms with Crippen LogP contribution in [-0.4, -0.2) is 96.6 Å². The topological polar surface area (TPSA) is 181 Å². The lowest BCUT2D eigenvalue weighted by Crippen LogP contribution is -2.57. The minimum atomic E-state index is -5.08. The number of alkyl halides is 6. The molecule has 0 spiro atoms. The molecule has 13 nitrogen and oxygen atoms in total. The molecule has 1 amide bonds. The number of nitrogens with one attached hydrogen (secondary N) is 1. The van der Waals surface area contributed by atoms with E-state index in [4.69, 9.17) is 23.8 Å². The zero-order valence-electron chi connectivity index (χ0n) is 25.8. The maximum atomic E-state index is 13.6. The Bertz CT molecular complexity index is 1660. The lowest BCUT2D eigenvalue weighted by molar-refractivity contribution is -0.192. The van der Waals surface area contributed by atoms with Crippen LogP contribution in [0, 0.1) is 0 Å². The van der Waals surface area contributed by atoms with E-state index in [1.807, 2.05) is 4.90 Å². The molecule has 0 unspecified atom stereocenters. The number of piperidine rings is 1. The molecule has 270 valence electrons. The highest BCUT2D eigenvalue weighted by atomic mass is 32.2. The van der Waals surface area contributed by atoms with Crippen molar-refractivity contribution in [1.29, 1.82) is 0 Å². The van der Waals surface area contributed by atoms with E-state index in [-0.39, 0.29) is 48.1 Å². The van der Waals surface area contributed by atoms with Crippen molar-refractivity contribution < 1.29 is 68.6 Å². The number of likely N-dealkylation sites (tertiary alicyclic amines) is 1. The summed E-state index contributed by atoms with van der Waals surface area (Å²) < 4.78 is 113. The zero-order chi connectivity index (χ0) is 36.5. The fourth-order valence-electron chi connectivity index (χ4n) is 4.81. The maximum absolute atomic E-state index is 13.6. The van der Waals surface area contributed by atoms with Crippen molar-refractivity contribution in [3.63, 3.8) is 0 Å². The van der Waals surface area contributed by atoms with Gasteiger partial charge in [-0.2, -0.15) is 26.3 Å². The van der Waals surface area contributed by atoms with Gasteiger partial charge in [0.15, 0.2) is 14.6 Å². The van der Waals surface area contributed by atoms with E-state index in [1.165, 1.54) is 47.9 Å². The highest BCUT2D eigenvalue weighted by Crippen LogP contribution is 2.37. The molecule has 1 aliphatic rings. The highest BCUT2D eigenvalue weighted by molar-refractivity contribution is 7.93. The number of hydrogen-bond acceptors (Lipinski definition) is 11. The van der Waals surface area contributed by atoms with E-state index in [9.17, 15) is 44.8 Å². The van der Waals surface area contributed by atoms with Crippen molar-refractivity contribution in [2.75, 3.05) is 40.0 Å². The zero-order valence-corrected chi connectivity index (χ0v) is 26.6. The number of benzene rings is 2. The number of sulfone groups is 1. The summed E-state index contributed by atoms with van der Waals surface area (Å²) in [5.74, 6) is -3.45. The van der Waals surface area contributed by atoms with Gasteiger partial charge in [0.1, 0.15) is 5.75 Å². The molecule has 0 bridgehead atoms. The number of carboxylic acid groups (broad SMARTS) is 1. The van der Waals surface area contributed by atoms with Crippen molar-refractivity contribution in [3.8, 4) is 17.2 Å². The number of aromatic nitrogens is 2. The number of aliphatic carboxylic acids is 1. The molecule has 0 atom stereocenters. The molecular weight excluding hydrogens is 694 g/mol. The fraction of sp³-hybridized carbons (Fsp3) is 0.448. The molecule has 0 saturated carbocycles. The molecule has 2 heterocycles. The SMILES string of the molecule is COCCN1CCC(C(=O)NO)(S(=O)(=O)c2ccc(OCCCc3nnc(-c4ccccc4C(F)(F)F)o3)cc2)CC1.O=C(O)C(F)(F)F. The summed E-state index contributed by atoms with van der Waals surface area (Å²) in [4.78, 5) is 23.5. The van der Waals surface area contributed by atoms with Crippen LogP contribution in [0.3, 0.4) is 0 Å². The first-order valence-corrected chi connectivity index (χ1v) is 15.9. The lowest BCUT2D eigenvalue weighted by Gasteiger charge is -2.39. The molecule has 1 saturated heterocycles. The first-order valence-electron chi connectivity index (χ1n) is 14.4. The van der Waals surface area contributed by atoms with Gasteiger partial charge in [0.2, 0.25) is 11.8 Å². The number of carbonyl (C=O) groups is 2. The molecule has 4 rings (SSSR count). The van der Waals surface area contributed by atoms with E-state index in [1.54, 1.807) is 7.11 Å². The van der Waals surface area contributed by atoms with Crippen LogP contribution in [0.5, 0.6) is 5.75 Å². The van der Waals surface area contributed by atoms with Crippen LogP contribution in [0.2, 0.25) is 0 Å². The minimum absolute atomic E-state index is 0.00285. The minimum Gasteiger partial charge on any atom is -0.494 e. The molecule has 0 radical (unpaired) electrons. The van der Waals surface area contributed by atoms with Gasteiger partial charge in [-0.15, -0.1) is 10.2 Å². The van der Waals surface area contributed by atoms with Gasteiger partial charge in [0.05, 0.1) is 29.2 Å². The fourth-order valence-corrected chi connectivity index (χ4v) is 6.77. The number of rotatable bonds is 12. The number of aryl methyl sites for hydroxylation is 1. The van der Waals surface area contributed by atoms with Crippen LogP contribution in [0.15, 0.2) is 57.8 Å². The number of nitrogens with zero attached hydrogens (tertiary/aromatic N) is 3. The first kappa shape index (κ1) is 39.2. The predicted octanol–water partition coefficient (Wildman–Crippen LogP) is 4.16.